The van der Waals surface area contributed by atoms with Gasteiger partial charge in [0, 0.05) is 11.5 Å². The van der Waals surface area contributed by atoms with E-state index in [-0.39, 0.29) is 6.07 Å². The van der Waals surface area contributed by atoms with Crippen molar-refractivity contribution in [3.05, 3.63) is 34.9 Å². The average molecular weight is 282 g/mol. The Labute approximate surface area is 102 Å². The highest BCUT2D eigenvalue weighted by atomic mass is 19.4. The number of hydrogen-bond donors (Lipinski definition) is 1. The summed E-state index contributed by atoms with van der Waals surface area (Å²) in [4.78, 5) is 10.1. The molecule has 0 aliphatic carbocycles. The largest absolute Gasteiger partial charge is 0.472 e. The molecule has 0 atom stereocenters. The van der Waals surface area contributed by atoms with Crippen LogP contribution in [0.1, 0.15) is 16.7 Å². The van der Waals surface area contributed by atoms with Crippen LogP contribution in [0.2, 0.25) is 0 Å². The van der Waals surface area contributed by atoms with Crippen LogP contribution in [0.25, 0.3) is 0 Å². The number of carboxylic acid groups (broad SMARTS) is 1. The first-order valence-electron chi connectivity index (χ1n) is 4.54. The molecule has 19 heavy (non-hydrogen) atoms. The van der Waals surface area contributed by atoms with E-state index in [9.17, 15) is 31.1 Å². The number of benzene rings is 1. The van der Waals surface area contributed by atoms with Crippen molar-refractivity contribution in [1.29, 1.82) is 0 Å². The van der Waals surface area contributed by atoms with Crippen LogP contribution < -0.4 is 0 Å². The molecule has 0 saturated heterocycles. The Kier molecular flexibility index (Phi) is 3.79. The molecule has 0 aliphatic heterocycles. The van der Waals surface area contributed by atoms with Crippen LogP contribution in [-0.2, 0) is 17.1 Å². The number of carboxylic acids is 1. The van der Waals surface area contributed by atoms with Gasteiger partial charge in [-0.15, -0.1) is 0 Å². The van der Waals surface area contributed by atoms with Gasteiger partial charge in [0.05, 0.1) is 11.1 Å². The second-order valence-electron chi connectivity index (χ2n) is 3.35. The third kappa shape index (κ3) is 4.21. The quantitative estimate of drug-likeness (QED) is 0.586. The second-order valence-corrected chi connectivity index (χ2v) is 3.35. The van der Waals surface area contributed by atoms with Gasteiger partial charge in [-0.3, -0.25) is 0 Å². The molecule has 2 nitrogen and oxygen atoms in total. The molecule has 0 spiro atoms. The predicted molar refractivity (Wildman–Crippen MR) is 51.0 cm³/mol. The van der Waals surface area contributed by atoms with E-state index in [1.807, 2.05) is 0 Å². The minimum Gasteiger partial charge on any atom is -0.472 e. The molecule has 1 N–H and O–H groups in total. The Morgan fingerprint density at radius 1 is 0.947 bits per heavy atom. The minimum atomic E-state index is -4.99. The van der Waals surface area contributed by atoms with Gasteiger partial charge in [0.2, 0.25) is 0 Å². The molecule has 1 rings (SSSR count). The lowest BCUT2D eigenvalue weighted by Crippen LogP contribution is -2.11. The van der Waals surface area contributed by atoms with Gasteiger partial charge in [0.15, 0.2) is 0 Å². The maximum atomic E-state index is 12.4. The SMILES string of the molecule is O=C(O)C#Cc1cc(C(F)(F)F)cc(C(F)(F)F)c1. The highest BCUT2D eigenvalue weighted by molar-refractivity contribution is 5.87. The van der Waals surface area contributed by atoms with Crippen molar-refractivity contribution in [1.82, 2.24) is 0 Å². The zero-order valence-corrected chi connectivity index (χ0v) is 8.86. The third-order valence-corrected chi connectivity index (χ3v) is 1.90. The van der Waals surface area contributed by atoms with Gasteiger partial charge in [-0.2, -0.15) is 26.3 Å². The Morgan fingerprint density at radius 2 is 1.37 bits per heavy atom. The van der Waals surface area contributed by atoms with E-state index < -0.39 is 35.0 Å². The normalized spacial score (nSPS) is 11.7. The first kappa shape index (κ1) is 14.9. The highest BCUT2D eigenvalue weighted by Crippen LogP contribution is 2.36. The molecule has 0 aromatic heterocycles. The van der Waals surface area contributed by atoms with E-state index in [0.29, 0.717) is 12.1 Å². The Hall–Kier alpha value is -2.17. The van der Waals surface area contributed by atoms with Crippen molar-refractivity contribution >= 4 is 5.97 Å². The fourth-order valence-corrected chi connectivity index (χ4v) is 1.15. The monoisotopic (exact) mass is 282 g/mol. The zero-order valence-electron chi connectivity index (χ0n) is 8.86. The number of carbonyl (C=O) groups is 1. The second kappa shape index (κ2) is 4.84. The van der Waals surface area contributed by atoms with E-state index in [1.54, 1.807) is 5.92 Å². The van der Waals surface area contributed by atoms with Crippen molar-refractivity contribution in [2.75, 3.05) is 0 Å². The summed E-state index contributed by atoms with van der Waals surface area (Å²) in [6, 6.07) is 0.641. The van der Waals surface area contributed by atoms with Gasteiger partial charge in [0.1, 0.15) is 0 Å². The summed E-state index contributed by atoms with van der Waals surface area (Å²) in [5.74, 6) is 1.51. The molecule has 102 valence electrons. The molecule has 8 heteroatoms. The highest BCUT2D eigenvalue weighted by Gasteiger charge is 2.36. The average Bonchev–Trinajstić information content (AvgIpc) is 2.23. The molecule has 1 aromatic rings. The minimum absolute atomic E-state index is 0.0635. The number of aliphatic carboxylic acids is 1. The van der Waals surface area contributed by atoms with Gasteiger partial charge in [0.25, 0.3) is 0 Å². The van der Waals surface area contributed by atoms with Crippen LogP contribution in [0.5, 0.6) is 0 Å². The summed E-state index contributed by atoms with van der Waals surface area (Å²) in [6.07, 6.45) is -9.97. The molecular formula is C11H4F6O2. The summed E-state index contributed by atoms with van der Waals surface area (Å²) < 4.78 is 74.4. The van der Waals surface area contributed by atoms with Crippen LogP contribution in [0, 0.1) is 11.8 Å². The summed E-state index contributed by atoms with van der Waals surface area (Å²) in [6.45, 7) is 0. The smallest absolute Gasteiger partial charge is 0.416 e. The van der Waals surface area contributed by atoms with Crippen molar-refractivity contribution in [3.8, 4) is 11.8 Å². The van der Waals surface area contributed by atoms with Gasteiger partial charge >= 0.3 is 18.3 Å². The molecule has 0 aliphatic rings. The molecule has 0 fully saturated rings. The topological polar surface area (TPSA) is 37.3 Å². The summed E-state index contributed by atoms with van der Waals surface area (Å²) in [7, 11) is 0. The van der Waals surface area contributed by atoms with Gasteiger partial charge in [-0.05, 0) is 18.2 Å². The van der Waals surface area contributed by atoms with Crippen LogP contribution in [0.3, 0.4) is 0 Å². The van der Waals surface area contributed by atoms with Crippen LogP contribution >= 0.6 is 0 Å². The molecule has 0 heterocycles. The Balaban J connectivity index is 3.43. The lowest BCUT2D eigenvalue weighted by molar-refractivity contribution is -0.143. The van der Waals surface area contributed by atoms with Crippen LogP contribution in [-0.4, -0.2) is 11.1 Å². The maximum Gasteiger partial charge on any atom is 0.416 e. The fraction of sp³-hybridized carbons (Fsp3) is 0.182. The molecule has 0 bridgehead atoms. The van der Waals surface area contributed by atoms with E-state index in [2.05, 4.69) is 0 Å². The van der Waals surface area contributed by atoms with E-state index >= 15 is 0 Å². The number of halogens is 6. The molecule has 0 radical (unpaired) electrons. The van der Waals surface area contributed by atoms with Crippen LogP contribution in [0.15, 0.2) is 18.2 Å². The summed E-state index contributed by atoms with van der Waals surface area (Å²) in [5.41, 5.74) is -3.77. The molecular weight excluding hydrogens is 278 g/mol. The van der Waals surface area contributed by atoms with E-state index in [1.165, 1.54) is 5.92 Å². The van der Waals surface area contributed by atoms with Crippen molar-refractivity contribution < 1.29 is 36.2 Å². The number of hydrogen-bond acceptors (Lipinski definition) is 1. The first-order valence-corrected chi connectivity index (χ1v) is 4.54. The van der Waals surface area contributed by atoms with E-state index in [4.69, 9.17) is 5.11 Å². The number of rotatable bonds is 0. The van der Waals surface area contributed by atoms with Crippen LogP contribution in [0.4, 0.5) is 26.3 Å². The first-order chi connectivity index (χ1) is 8.50. The summed E-state index contributed by atoms with van der Waals surface area (Å²) in [5, 5.41) is 8.22. The molecule has 0 saturated carbocycles. The molecule has 0 unspecified atom stereocenters. The standard InChI is InChI=1S/C11H4F6O2/c12-10(13,14)7-3-6(1-2-9(18)19)4-8(5-7)11(15,16)17/h3-5H,(H,18,19). The Bertz CT molecular complexity index is 527. The zero-order chi connectivity index (χ0) is 14.8. The van der Waals surface area contributed by atoms with Gasteiger partial charge < -0.3 is 5.11 Å². The van der Waals surface area contributed by atoms with E-state index in [0.717, 1.165) is 0 Å². The van der Waals surface area contributed by atoms with Crippen molar-refractivity contribution in [2.45, 2.75) is 12.4 Å². The summed E-state index contributed by atoms with van der Waals surface area (Å²) >= 11 is 0. The molecule has 1 aromatic carbocycles. The van der Waals surface area contributed by atoms with Gasteiger partial charge in [-0.25, -0.2) is 4.79 Å². The lowest BCUT2D eigenvalue weighted by atomic mass is 10.0. The fourth-order valence-electron chi connectivity index (χ4n) is 1.15. The van der Waals surface area contributed by atoms with Gasteiger partial charge in [-0.1, -0.05) is 5.92 Å². The lowest BCUT2D eigenvalue weighted by Gasteiger charge is -2.12. The molecule has 0 amide bonds. The third-order valence-electron chi connectivity index (χ3n) is 1.90. The Morgan fingerprint density at radius 3 is 1.68 bits per heavy atom. The maximum absolute atomic E-state index is 12.4. The van der Waals surface area contributed by atoms with Crippen molar-refractivity contribution in [2.24, 2.45) is 0 Å². The van der Waals surface area contributed by atoms with Crippen molar-refractivity contribution in [3.63, 3.8) is 0 Å². The predicted octanol–water partition coefficient (Wildman–Crippen LogP) is 3.16. The number of alkyl halides is 6.